The summed E-state index contributed by atoms with van der Waals surface area (Å²) in [7, 11) is 0. The molecule has 0 saturated carbocycles. The molecule has 0 fully saturated rings. The van der Waals surface area contributed by atoms with Crippen LogP contribution >= 0.6 is 11.8 Å². The molecule has 6 heteroatoms. The van der Waals surface area contributed by atoms with Crippen LogP contribution in [0.25, 0.3) is 0 Å². The zero-order valence-electron chi connectivity index (χ0n) is 10.3. The molecule has 98 valence electrons. The molecule has 1 aromatic carbocycles. The second-order valence-electron chi connectivity index (χ2n) is 3.73. The van der Waals surface area contributed by atoms with Gasteiger partial charge in [-0.1, -0.05) is 0 Å². The van der Waals surface area contributed by atoms with Gasteiger partial charge in [0.05, 0.1) is 5.69 Å². The highest BCUT2D eigenvalue weighted by atomic mass is 32.2. The first-order valence-corrected chi connectivity index (χ1v) is 6.71. The van der Waals surface area contributed by atoms with Crippen LogP contribution in [-0.4, -0.2) is 17.1 Å². The number of thioether (sulfide) groups is 1. The van der Waals surface area contributed by atoms with Crippen molar-refractivity contribution in [1.29, 1.82) is 0 Å². The molecule has 0 unspecified atom stereocenters. The molecular formula is C13H13N3O2S. The minimum atomic E-state index is -0.623. The van der Waals surface area contributed by atoms with Gasteiger partial charge in [-0.25, -0.2) is 4.98 Å². The average molecular weight is 275 g/mol. The van der Waals surface area contributed by atoms with Crippen molar-refractivity contribution in [3.63, 3.8) is 0 Å². The van der Waals surface area contributed by atoms with Crippen molar-refractivity contribution in [2.75, 3.05) is 12.0 Å². The van der Waals surface area contributed by atoms with Crippen molar-refractivity contribution in [3.8, 4) is 11.6 Å². The van der Waals surface area contributed by atoms with Gasteiger partial charge in [-0.3, -0.25) is 4.79 Å². The van der Waals surface area contributed by atoms with Crippen molar-refractivity contribution < 1.29 is 9.53 Å². The first kappa shape index (κ1) is 13.2. The smallest absolute Gasteiger partial charge is 0.267 e. The third-order valence-electron chi connectivity index (χ3n) is 2.42. The first-order valence-electron chi connectivity index (χ1n) is 5.48. The second kappa shape index (κ2) is 5.62. The van der Waals surface area contributed by atoms with Gasteiger partial charge in [-0.2, -0.15) is 0 Å². The number of pyridine rings is 1. The molecule has 5 nitrogen and oxygen atoms in total. The molecule has 0 aliphatic heterocycles. The van der Waals surface area contributed by atoms with E-state index in [9.17, 15) is 4.79 Å². The minimum Gasteiger partial charge on any atom is -0.437 e. The van der Waals surface area contributed by atoms with Crippen LogP contribution in [0.15, 0.2) is 41.3 Å². The monoisotopic (exact) mass is 275 g/mol. The van der Waals surface area contributed by atoms with Gasteiger partial charge in [-0.05, 0) is 42.7 Å². The maximum atomic E-state index is 11.1. The van der Waals surface area contributed by atoms with Crippen LogP contribution in [0, 0.1) is 0 Å². The Kier molecular flexibility index (Phi) is 3.91. The summed E-state index contributed by atoms with van der Waals surface area (Å²) in [4.78, 5) is 16.2. The maximum Gasteiger partial charge on any atom is 0.267 e. The van der Waals surface area contributed by atoms with E-state index in [4.69, 9.17) is 16.2 Å². The summed E-state index contributed by atoms with van der Waals surface area (Å²) in [6, 6.07) is 10.5. The van der Waals surface area contributed by atoms with Crippen LogP contribution in [-0.2, 0) is 0 Å². The Labute approximate surface area is 115 Å². The number of ether oxygens (including phenoxy) is 1. The number of nitrogens with two attached hydrogens (primary N) is 2. The molecule has 0 spiro atoms. The number of amides is 1. The molecule has 0 aliphatic carbocycles. The number of carbonyl (C=O) groups is 1. The molecule has 19 heavy (non-hydrogen) atoms. The topological polar surface area (TPSA) is 91.2 Å². The van der Waals surface area contributed by atoms with Crippen LogP contribution in [0.4, 0.5) is 5.69 Å². The summed E-state index contributed by atoms with van der Waals surface area (Å²) in [5.41, 5.74) is 11.4. The van der Waals surface area contributed by atoms with E-state index in [1.807, 2.05) is 30.5 Å². The lowest BCUT2D eigenvalue weighted by atomic mass is 10.3. The number of nitrogen functional groups attached to an aromatic ring is 1. The molecule has 0 aliphatic rings. The van der Waals surface area contributed by atoms with Gasteiger partial charge in [0.1, 0.15) is 11.4 Å². The van der Waals surface area contributed by atoms with E-state index in [2.05, 4.69) is 4.98 Å². The summed E-state index contributed by atoms with van der Waals surface area (Å²) >= 11 is 1.64. The fraction of sp³-hybridized carbons (Fsp3) is 0.0769. The fourth-order valence-electron chi connectivity index (χ4n) is 1.43. The van der Waals surface area contributed by atoms with E-state index >= 15 is 0 Å². The van der Waals surface area contributed by atoms with E-state index in [1.54, 1.807) is 17.8 Å². The Morgan fingerprint density at radius 2 is 1.89 bits per heavy atom. The lowest BCUT2D eigenvalue weighted by molar-refractivity contribution is 0.0995. The van der Waals surface area contributed by atoms with Crippen molar-refractivity contribution in [1.82, 2.24) is 4.98 Å². The van der Waals surface area contributed by atoms with Gasteiger partial charge >= 0.3 is 0 Å². The molecule has 2 aromatic rings. The number of aromatic nitrogens is 1. The maximum absolute atomic E-state index is 11.1. The van der Waals surface area contributed by atoms with Gasteiger partial charge in [0.25, 0.3) is 5.91 Å². The molecule has 1 heterocycles. The third-order valence-corrected chi connectivity index (χ3v) is 3.16. The number of hydrogen-bond donors (Lipinski definition) is 2. The zero-order chi connectivity index (χ0) is 13.8. The Bertz CT molecular complexity index is 599. The van der Waals surface area contributed by atoms with E-state index in [1.165, 1.54) is 6.07 Å². The first-order chi connectivity index (χ1) is 9.10. The number of nitrogens with zero attached hydrogens (tertiary/aromatic N) is 1. The number of primary amides is 1. The number of anilines is 1. The molecule has 1 aromatic heterocycles. The van der Waals surface area contributed by atoms with Crippen molar-refractivity contribution >= 4 is 23.4 Å². The Hall–Kier alpha value is -2.21. The van der Waals surface area contributed by atoms with Crippen LogP contribution in [0.2, 0.25) is 0 Å². The summed E-state index contributed by atoms with van der Waals surface area (Å²) in [6.45, 7) is 0. The lowest BCUT2D eigenvalue weighted by Crippen LogP contribution is -2.13. The lowest BCUT2D eigenvalue weighted by Gasteiger charge is -2.08. The molecule has 0 radical (unpaired) electrons. The van der Waals surface area contributed by atoms with E-state index in [-0.39, 0.29) is 11.6 Å². The highest BCUT2D eigenvalue weighted by Gasteiger charge is 2.09. The third kappa shape index (κ3) is 3.17. The standard InChI is InChI=1S/C13H13N3O2S/c1-19-9-4-2-8(3-5-9)18-13-10(14)6-7-11(16-13)12(15)17/h2-7H,14H2,1H3,(H2,15,17). The highest BCUT2D eigenvalue weighted by molar-refractivity contribution is 7.98. The quantitative estimate of drug-likeness (QED) is 0.835. The number of carbonyl (C=O) groups excluding carboxylic acids is 1. The van der Waals surface area contributed by atoms with Crippen LogP contribution < -0.4 is 16.2 Å². The average Bonchev–Trinajstić information content (AvgIpc) is 2.42. The summed E-state index contributed by atoms with van der Waals surface area (Å²) in [5, 5.41) is 0. The van der Waals surface area contributed by atoms with E-state index < -0.39 is 5.91 Å². The molecule has 0 saturated heterocycles. The summed E-state index contributed by atoms with van der Waals surface area (Å²) in [6.07, 6.45) is 1.99. The molecular weight excluding hydrogens is 262 g/mol. The van der Waals surface area contributed by atoms with E-state index in [0.29, 0.717) is 11.4 Å². The Morgan fingerprint density at radius 3 is 2.47 bits per heavy atom. The van der Waals surface area contributed by atoms with Crippen LogP contribution in [0.3, 0.4) is 0 Å². The normalized spacial score (nSPS) is 10.2. The van der Waals surface area contributed by atoms with Gasteiger partial charge in [-0.15, -0.1) is 11.8 Å². The Balaban J connectivity index is 2.26. The van der Waals surface area contributed by atoms with Gasteiger partial charge < -0.3 is 16.2 Å². The number of benzene rings is 1. The summed E-state index contributed by atoms with van der Waals surface area (Å²) in [5.74, 6) is 0.148. The minimum absolute atomic E-state index is 0.116. The predicted molar refractivity (Wildman–Crippen MR) is 75.5 cm³/mol. The second-order valence-corrected chi connectivity index (χ2v) is 4.61. The van der Waals surface area contributed by atoms with E-state index in [0.717, 1.165) is 4.90 Å². The SMILES string of the molecule is CSc1ccc(Oc2nc(C(N)=O)ccc2N)cc1. The van der Waals surface area contributed by atoms with Gasteiger partial charge in [0.15, 0.2) is 0 Å². The molecule has 2 rings (SSSR count). The Morgan fingerprint density at radius 1 is 1.21 bits per heavy atom. The summed E-state index contributed by atoms with van der Waals surface area (Å²) < 4.78 is 5.55. The van der Waals surface area contributed by atoms with Crippen molar-refractivity contribution in [2.45, 2.75) is 4.90 Å². The number of rotatable bonds is 4. The highest BCUT2D eigenvalue weighted by Crippen LogP contribution is 2.27. The van der Waals surface area contributed by atoms with Crippen LogP contribution in [0.1, 0.15) is 10.5 Å². The molecule has 4 N–H and O–H groups in total. The largest absolute Gasteiger partial charge is 0.437 e. The predicted octanol–water partition coefficient (Wildman–Crippen LogP) is 2.28. The molecule has 0 atom stereocenters. The van der Waals surface area contributed by atoms with Gasteiger partial charge in [0.2, 0.25) is 5.88 Å². The molecule has 1 amide bonds. The molecule has 0 bridgehead atoms. The van der Waals surface area contributed by atoms with Gasteiger partial charge in [0, 0.05) is 4.90 Å². The number of hydrogen-bond acceptors (Lipinski definition) is 5. The zero-order valence-corrected chi connectivity index (χ0v) is 11.1. The fourth-order valence-corrected chi connectivity index (χ4v) is 1.83. The van der Waals surface area contributed by atoms with Crippen LogP contribution in [0.5, 0.6) is 11.6 Å². The van der Waals surface area contributed by atoms with Crippen molar-refractivity contribution in [2.24, 2.45) is 5.73 Å². The van der Waals surface area contributed by atoms with Crippen molar-refractivity contribution in [3.05, 3.63) is 42.1 Å².